The van der Waals surface area contributed by atoms with Crippen LogP contribution in [0.25, 0.3) is 0 Å². The van der Waals surface area contributed by atoms with Gasteiger partial charge in [-0.2, -0.15) is 0 Å². The molecule has 2 atom stereocenters. The fourth-order valence-electron chi connectivity index (χ4n) is 2.19. The number of nitrogens with two attached hydrogens (primary N) is 1. The lowest BCUT2D eigenvalue weighted by Crippen LogP contribution is -2.47. The van der Waals surface area contributed by atoms with Crippen LogP contribution in [0.2, 0.25) is 0 Å². The van der Waals surface area contributed by atoms with E-state index in [2.05, 4.69) is 14.1 Å². The molecule has 6 heteroatoms. The quantitative estimate of drug-likeness (QED) is 0.573. The van der Waals surface area contributed by atoms with Crippen molar-refractivity contribution in [1.82, 2.24) is 4.90 Å². The maximum absolute atomic E-state index is 13.2. The molecule has 0 aromatic heterocycles. The minimum atomic E-state index is -2.53. The van der Waals surface area contributed by atoms with Crippen LogP contribution in [0.5, 0.6) is 0 Å². The summed E-state index contributed by atoms with van der Waals surface area (Å²) >= 11 is 0. The Morgan fingerprint density at radius 2 is 2.00 bits per heavy atom. The van der Waals surface area contributed by atoms with E-state index in [1.807, 2.05) is 0 Å². The van der Waals surface area contributed by atoms with Gasteiger partial charge in [-0.3, -0.25) is 4.79 Å². The van der Waals surface area contributed by atoms with Crippen molar-refractivity contribution in [3.8, 4) is 0 Å². The molecule has 1 rings (SSSR count). The molecule has 18 heavy (non-hydrogen) atoms. The number of amides is 1. The van der Waals surface area contributed by atoms with Crippen molar-refractivity contribution in [1.29, 1.82) is 0 Å². The second kappa shape index (κ2) is 7.34. The molecule has 2 unspecified atom stereocenters. The number of hydrogen-bond acceptors (Lipinski definition) is 2. The summed E-state index contributed by atoms with van der Waals surface area (Å²) in [6.45, 7) is 1.82. The number of likely N-dealkylation sites (tertiary alicyclic amines) is 1. The van der Waals surface area contributed by atoms with Gasteiger partial charge >= 0.3 is 0 Å². The van der Waals surface area contributed by atoms with Gasteiger partial charge in [0.05, 0.1) is 0 Å². The summed E-state index contributed by atoms with van der Waals surface area (Å²) in [6, 6.07) is 0. The van der Waals surface area contributed by atoms with E-state index in [9.17, 15) is 13.6 Å². The van der Waals surface area contributed by atoms with E-state index in [0.29, 0.717) is 19.5 Å². The van der Waals surface area contributed by atoms with Crippen LogP contribution in [0, 0.1) is 0 Å². The molecule has 1 heterocycles. The first kappa shape index (κ1) is 15.8. The van der Waals surface area contributed by atoms with Gasteiger partial charge in [-0.05, 0) is 19.4 Å². The maximum atomic E-state index is 13.2. The summed E-state index contributed by atoms with van der Waals surface area (Å²) in [7, 11) is 2.26. The maximum Gasteiger partial charge on any atom is 0.256 e. The predicted octanol–water partition coefficient (Wildman–Crippen LogP) is 2.01. The molecule has 3 nitrogen and oxygen atoms in total. The molecule has 106 valence electrons. The molecule has 1 aliphatic heterocycles. The highest BCUT2D eigenvalue weighted by Crippen LogP contribution is 2.33. The van der Waals surface area contributed by atoms with Crippen molar-refractivity contribution < 1.29 is 13.6 Å². The Kier molecular flexibility index (Phi) is 6.44. The van der Waals surface area contributed by atoms with Crippen LogP contribution in [-0.2, 0) is 4.79 Å². The standard InChI is InChI=1S/C12H23F2N2OP/c13-12(14)6-8-16(9-10(12)18)7-4-2-1-3-5-11(15)17/h10H,1-9,18H2,(H2,15,17). The minimum absolute atomic E-state index is 0.0388. The van der Waals surface area contributed by atoms with E-state index in [0.717, 1.165) is 32.2 Å². The minimum Gasteiger partial charge on any atom is -0.370 e. The lowest BCUT2D eigenvalue weighted by atomic mass is 10.1. The van der Waals surface area contributed by atoms with Gasteiger partial charge in [-0.15, -0.1) is 9.24 Å². The first-order valence-electron chi connectivity index (χ1n) is 6.56. The van der Waals surface area contributed by atoms with Gasteiger partial charge in [-0.1, -0.05) is 12.8 Å². The van der Waals surface area contributed by atoms with E-state index in [1.165, 1.54) is 0 Å². The highest BCUT2D eigenvalue weighted by Gasteiger charge is 2.40. The van der Waals surface area contributed by atoms with Crippen LogP contribution in [0.1, 0.15) is 38.5 Å². The first-order valence-corrected chi connectivity index (χ1v) is 7.22. The summed E-state index contributed by atoms with van der Waals surface area (Å²) in [4.78, 5) is 12.6. The lowest BCUT2D eigenvalue weighted by molar-refractivity contribution is -0.118. The SMILES string of the molecule is NC(=O)CCCCCCN1CCC(F)(F)C(P)C1. The molecule has 1 amide bonds. The Balaban J connectivity index is 2.05. The van der Waals surface area contributed by atoms with Crippen LogP contribution in [0.15, 0.2) is 0 Å². The van der Waals surface area contributed by atoms with Crippen molar-refractivity contribution in [3.05, 3.63) is 0 Å². The number of piperidine rings is 1. The Morgan fingerprint density at radius 1 is 1.33 bits per heavy atom. The molecular formula is C12H23F2N2OP. The predicted molar refractivity (Wildman–Crippen MR) is 71.8 cm³/mol. The van der Waals surface area contributed by atoms with Crippen molar-refractivity contribution in [2.24, 2.45) is 5.73 Å². The van der Waals surface area contributed by atoms with E-state index in [-0.39, 0.29) is 12.3 Å². The first-order chi connectivity index (χ1) is 8.42. The van der Waals surface area contributed by atoms with E-state index >= 15 is 0 Å². The fraction of sp³-hybridized carbons (Fsp3) is 0.917. The summed E-state index contributed by atoms with van der Waals surface area (Å²) in [5.41, 5.74) is 4.42. The number of nitrogens with zero attached hydrogens (tertiary/aromatic N) is 1. The van der Waals surface area contributed by atoms with Gasteiger partial charge in [0, 0.05) is 31.6 Å². The molecule has 0 saturated carbocycles. The fourth-order valence-corrected chi connectivity index (χ4v) is 2.65. The number of alkyl halides is 2. The number of carbonyl (C=O) groups excluding carboxylic acids is 1. The lowest BCUT2D eigenvalue weighted by Gasteiger charge is -2.36. The monoisotopic (exact) mass is 280 g/mol. The molecule has 1 fully saturated rings. The molecule has 1 saturated heterocycles. The average Bonchev–Trinajstić information content (AvgIpc) is 2.28. The third kappa shape index (κ3) is 5.57. The van der Waals surface area contributed by atoms with Gasteiger partial charge < -0.3 is 10.6 Å². The molecule has 0 aromatic carbocycles. The third-order valence-electron chi connectivity index (χ3n) is 3.41. The third-order valence-corrected chi connectivity index (χ3v) is 4.10. The van der Waals surface area contributed by atoms with Crippen molar-refractivity contribution in [2.45, 2.75) is 50.1 Å². The van der Waals surface area contributed by atoms with Crippen LogP contribution in [-0.4, -0.2) is 42.0 Å². The number of halogens is 2. The van der Waals surface area contributed by atoms with Crippen LogP contribution >= 0.6 is 9.24 Å². The smallest absolute Gasteiger partial charge is 0.256 e. The summed E-state index contributed by atoms with van der Waals surface area (Å²) in [6.07, 6.45) is 4.26. The molecule has 0 spiro atoms. The highest BCUT2D eigenvalue weighted by molar-refractivity contribution is 7.17. The van der Waals surface area contributed by atoms with Crippen molar-refractivity contribution >= 4 is 15.1 Å². The Morgan fingerprint density at radius 3 is 2.61 bits per heavy atom. The number of primary amides is 1. The second-order valence-corrected chi connectivity index (χ2v) is 5.85. The van der Waals surface area contributed by atoms with E-state index in [4.69, 9.17) is 5.73 Å². The molecule has 1 aliphatic rings. The Labute approximate surface area is 110 Å². The van der Waals surface area contributed by atoms with Crippen molar-refractivity contribution in [3.63, 3.8) is 0 Å². The zero-order chi connectivity index (χ0) is 13.6. The van der Waals surface area contributed by atoms with Gasteiger partial charge in [0.2, 0.25) is 5.91 Å². The van der Waals surface area contributed by atoms with Crippen LogP contribution in [0.4, 0.5) is 8.78 Å². The topological polar surface area (TPSA) is 46.3 Å². The summed E-state index contributed by atoms with van der Waals surface area (Å²) < 4.78 is 26.5. The molecule has 0 radical (unpaired) electrons. The van der Waals surface area contributed by atoms with Crippen LogP contribution < -0.4 is 5.73 Å². The average molecular weight is 280 g/mol. The number of unbranched alkanes of at least 4 members (excludes halogenated alkanes) is 3. The molecule has 0 aliphatic carbocycles. The number of rotatable bonds is 7. The number of carbonyl (C=O) groups is 1. The van der Waals surface area contributed by atoms with Gasteiger partial charge in [0.1, 0.15) is 0 Å². The second-order valence-electron chi connectivity index (χ2n) is 5.05. The zero-order valence-electron chi connectivity index (χ0n) is 10.7. The number of hydrogen-bond donors (Lipinski definition) is 1. The molecule has 0 bridgehead atoms. The van der Waals surface area contributed by atoms with Gasteiger partial charge in [0.25, 0.3) is 5.92 Å². The van der Waals surface area contributed by atoms with E-state index in [1.54, 1.807) is 0 Å². The summed E-state index contributed by atoms with van der Waals surface area (Å²) in [5, 5.41) is 0. The zero-order valence-corrected chi connectivity index (χ0v) is 11.9. The van der Waals surface area contributed by atoms with Crippen LogP contribution in [0.3, 0.4) is 0 Å². The highest BCUT2D eigenvalue weighted by atomic mass is 31.0. The van der Waals surface area contributed by atoms with Gasteiger partial charge in [-0.25, -0.2) is 8.78 Å². The van der Waals surface area contributed by atoms with E-state index < -0.39 is 11.6 Å². The normalized spacial score (nSPS) is 24.1. The Bertz CT molecular complexity index is 277. The molecule has 0 aromatic rings. The largest absolute Gasteiger partial charge is 0.370 e. The molecular weight excluding hydrogens is 257 g/mol. The summed E-state index contributed by atoms with van der Waals surface area (Å²) in [5.74, 6) is -2.78. The Hall–Kier alpha value is -0.280. The molecule has 2 N–H and O–H groups in total. The van der Waals surface area contributed by atoms with Crippen molar-refractivity contribution in [2.75, 3.05) is 19.6 Å². The van der Waals surface area contributed by atoms with Gasteiger partial charge in [0.15, 0.2) is 0 Å².